The molecule has 0 spiro atoms. The average molecular weight is 215 g/mol. The number of hydrogen-bond donors (Lipinski definition) is 2. The molecule has 0 aromatic carbocycles. The van der Waals surface area contributed by atoms with Crippen LogP contribution in [0.4, 0.5) is 11.6 Å². The SMILES string of the molecule is Nc1cnc(NCCc2ccncc2)cn1. The Kier molecular flexibility index (Phi) is 3.28. The van der Waals surface area contributed by atoms with Crippen molar-refractivity contribution < 1.29 is 0 Å². The maximum Gasteiger partial charge on any atom is 0.144 e. The summed E-state index contributed by atoms with van der Waals surface area (Å²) in [7, 11) is 0. The minimum absolute atomic E-state index is 0.430. The number of hydrogen-bond acceptors (Lipinski definition) is 5. The van der Waals surface area contributed by atoms with Crippen molar-refractivity contribution in [3.8, 4) is 0 Å². The van der Waals surface area contributed by atoms with Gasteiger partial charge in [0.05, 0.1) is 12.4 Å². The molecular weight excluding hydrogens is 202 g/mol. The fourth-order valence-electron chi connectivity index (χ4n) is 1.31. The van der Waals surface area contributed by atoms with Gasteiger partial charge < -0.3 is 11.1 Å². The van der Waals surface area contributed by atoms with E-state index in [1.54, 1.807) is 18.6 Å². The van der Waals surface area contributed by atoms with Crippen LogP contribution in [0.1, 0.15) is 5.56 Å². The summed E-state index contributed by atoms with van der Waals surface area (Å²) in [6, 6.07) is 3.99. The largest absolute Gasteiger partial charge is 0.382 e. The molecule has 0 unspecified atom stereocenters. The van der Waals surface area contributed by atoms with Gasteiger partial charge in [-0.05, 0) is 24.1 Å². The summed E-state index contributed by atoms with van der Waals surface area (Å²) in [6.07, 6.45) is 7.67. The number of pyridine rings is 1. The van der Waals surface area contributed by atoms with Crippen molar-refractivity contribution in [2.45, 2.75) is 6.42 Å². The van der Waals surface area contributed by atoms with Gasteiger partial charge in [-0.3, -0.25) is 4.98 Å². The number of aromatic nitrogens is 3. The van der Waals surface area contributed by atoms with Crippen molar-refractivity contribution in [3.63, 3.8) is 0 Å². The van der Waals surface area contributed by atoms with E-state index < -0.39 is 0 Å². The van der Waals surface area contributed by atoms with Crippen molar-refractivity contribution in [1.82, 2.24) is 15.0 Å². The van der Waals surface area contributed by atoms with Gasteiger partial charge in [0.1, 0.15) is 11.6 Å². The molecule has 5 heteroatoms. The maximum atomic E-state index is 5.44. The molecule has 5 nitrogen and oxygen atoms in total. The Morgan fingerprint density at radius 1 is 1.12 bits per heavy atom. The Labute approximate surface area is 93.8 Å². The van der Waals surface area contributed by atoms with E-state index in [1.807, 2.05) is 12.1 Å². The second-order valence-corrected chi connectivity index (χ2v) is 3.36. The van der Waals surface area contributed by atoms with E-state index in [9.17, 15) is 0 Å². The van der Waals surface area contributed by atoms with Crippen LogP contribution >= 0.6 is 0 Å². The monoisotopic (exact) mass is 215 g/mol. The summed E-state index contributed by atoms with van der Waals surface area (Å²) in [5, 5.41) is 3.17. The maximum absolute atomic E-state index is 5.44. The highest BCUT2D eigenvalue weighted by Crippen LogP contribution is 2.03. The number of nitrogens with zero attached hydrogens (tertiary/aromatic N) is 3. The minimum atomic E-state index is 0.430. The number of nitrogens with two attached hydrogens (primary N) is 1. The molecule has 0 aliphatic heterocycles. The highest BCUT2D eigenvalue weighted by atomic mass is 15.0. The van der Waals surface area contributed by atoms with E-state index in [1.165, 1.54) is 11.8 Å². The Hall–Kier alpha value is -2.17. The van der Waals surface area contributed by atoms with Crippen LogP contribution in [0.5, 0.6) is 0 Å². The van der Waals surface area contributed by atoms with E-state index in [2.05, 4.69) is 20.3 Å². The molecule has 2 rings (SSSR count). The fourth-order valence-corrected chi connectivity index (χ4v) is 1.31. The molecule has 2 aromatic heterocycles. The standard InChI is InChI=1S/C11H13N5/c12-10-7-16-11(8-15-10)14-6-3-9-1-4-13-5-2-9/h1-2,4-5,7-8H,3,6H2,(H2,12,15)(H,14,16). The highest BCUT2D eigenvalue weighted by molar-refractivity contribution is 5.36. The lowest BCUT2D eigenvalue weighted by Gasteiger charge is -2.04. The molecule has 3 N–H and O–H groups in total. The zero-order valence-corrected chi connectivity index (χ0v) is 8.80. The van der Waals surface area contributed by atoms with Gasteiger partial charge in [-0.15, -0.1) is 0 Å². The molecule has 2 heterocycles. The second-order valence-electron chi connectivity index (χ2n) is 3.36. The Balaban J connectivity index is 1.82. The van der Waals surface area contributed by atoms with Gasteiger partial charge in [0.25, 0.3) is 0 Å². The molecule has 2 aromatic rings. The molecule has 0 saturated carbocycles. The normalized spacial score (nSPS) is 10.0. The summed E-state index contributed by atoms with van der Waals surface area (Å²) in [5.41, 5.74) is 6.68. The minimum Gasteiger partial charge on any atom is -0.382 e. The van der Waals surface area contributed by atoms with Gasteiger partial charge in [-0.1, -0.05) is 0 Å². The highest BCUT2D eigenvalue weighted by Gasteiger charge is 1.95. The lowest BCUT2D eigenvalue weighted by atomic mass is 10.2. The number of anilines is 2. The van der Waals surface area contributed by atoms with Gasteiger partial charge in [0.15, 0.2) is 0 Å². The van der Waals surface area contributed by atoms with E-state index in [0.29, 0.717) is 5.82 Å². The summed E-state index contributed by atoms with van der Waals surface area (Å²) in [5.74, 6) is 1.17. The number of nitrogen functional groups attached to an aromatic ring is 1. The van der Waals surface area contributed by atoms with E-state index in [4.69, 9.17) is 5.73 Å². The number of rotatable bonds is 4. The van der Waals surface area contributed by atoms with Crippen molar-refractivity contribution in [3.05, 3.63) is 42.5 Å². The molecule has 82 valence electrons. The van der Waals surface area contributed by atoms with E-state index in [0.717, 1.165) is 18.8 Å². The second kappa shape index (κ2) is 5.06. The first-order valence-electron chi connectivity index (χ1n) is 5.05. The van der Waals surface area contributed by atoms with Gasteiger partial charge in [0, 0.05) is 18.9 Å². The molecule has 0 amide bonds. The lowest BCUT2D eigenvalue weighted by molar-refractivity contribution is 0.995. The van der Waals surface area contributed by atoms with Crippen LogP contribution in [0.3, 0.4) is 0 Å². The molecule has 0 bridgehead atoms. The summed E-state index contributed by atoms with van der Waals surface area (Å²) in [6.45, 7) is 0.808. The van der Waals surface area contributed by atoms with Crippen LogP contribution < -0.4 is 11.1 Å². The fraction of sp³-hybridized carbons (Fsp3) is 0.182. The van der Waals surface area contributed by atoms with Gasteiger partial charge >= 0.3 is 0 Å². The molecule has 16 heavy (non-hydrogen) atoms. The molecule has 0 atom stereocenters. The first kappa shape index (κ1) is 10.4. The third-order valence-corrected chi connectivity index (χ3v) is 2.14. The van der Waals surface area contributed by atoms with Crippen LogP contribution in [-0.2, 0) is 6.42 Å². The van der Waals surface area contributed by atoms with E-state index >= 15 is 0 Å². The number of nitrogens with one attached hydrogen (secondary N) is 1. The molecule has 0 aliphatic carbocycles. The lowest BCUT2D eigenvalue weighted by Crippen LogP contribution is -2.07. The molecule has 0 fully saturated rings. The van der Waals surface area contributed by atoms with Crippen LogP contribution in [0, 0.1) is 0 Å². The first-order valence-corrected chi connectivity index (χ1v) is 5.05. The van der Waals surface area contributed by atoms with Gasteiger partial charge in [-0.25, -0.2) is 9.97 Å². The van der Waals surface area contributed by atoms with Crippen molar-refractivity contribution in [2.24, 2.45) is 0 Å². The average Bonchev–Trinajstić information content (AvgIpc) is 2.33. The van der Waals surface area contributed by atoms with Crippen molar-refractivity contribution in [1.29, 1.82) is 0 Å². The summed E-state index contributed by atoms with van der Waals surface area (Å²) >= 11 is 0. The third kappa shape index (κ3) is 2.91. The Morgan fingerprint density at radius 2 is 1.94 bits per heavy atom. The topological polar surface area (TPSA) is 76.7 Å². The van der Waals surface area contributed by atoms with Crippen LogP contribution in [0.25, 0.3) is 0 Å². The molecular formula is C11H13N5. The predicted molar refractivity (Wildman–Crippen MR) is 62.9 cm³/mol. The summed E-state index contributed by atoms with van der Waals surface area (Å²) < 4.78 is 0. The summed E-state index contributed by atoms with van der Waals surface area (Å²) in [4.78, 5) is 12.0. The van der Waals surface area contributed by atoms with Crippen molar-refractivity contribution in [2.75, 3.05) is 17.6 Å². The zero-order chi connectivity index (χ0) is 11.2. The first-order chi connectivity index (χ1) is 7.84. The molecule has 0 aliphatic rings. The third-order valence-electron chi connectivity index (χ3n) is 2.14. The predicted octanol–water partition coefficient (Wildman–Crippen LogP) is 1.11. The van der Waals surface area contributed by atoms with Crippen LogP contribution in [0.15, 0.2) is 36.9 Å². The van der Waals surface area contributed by atoms with E-state index in [-0.39, 0.29) is 0 Å². The molecule has 0 radical (unpaired) electrons. The van der Waals surface area contributed by atoms with Gasteiger partial charge in [-0.2, -0.15) is 0 Å². The van der Waals surface area contributed by atoms with Crippen molar-refractivity contribution >= 4 is 11.6 Å². The van der Waals surface area contributed by atoms with Crippen LogP contribution in [0.2, 0.25) is 0 Å². The Bertz CT molecular complexity index is 426. The smallest absolute Gasteiger partial charge is 0.144 e. The van der Waals surface area contributed by atoms with Gasteiger partial charge in [0.2, 0.25) is 0 Å². The quantitative estimate of drug-likeness (QED) is 0.798. The molecule has 0 saturated heterocycles. The Morgan fingerprint density at radius 3 is 2.62 bits per heavy atom. The zero-order valence-electron chi connectivity index (χ0n) is 8.80. The van der Waals surface area contributed by atoms with Crippen LogP contribution in [-0.4, -0.2) is 21.5 Å².